The molecule has 0 saturated heterocycles. The third kappa shape index (κ3) is 10.5. The number of aryl methyl sites for hydroxylation is 2. The molecule has 0 atom stereocenters. The summed E-state index contributed by atoms with van der Waals surface area (Å²) in [6.07, 6.45) is 0. The van der Waals surface area contributed by atoms with E-state index in [-0.39, 0.29) is 12.5 Å². The summed E-state index contributed by atoms with van der Waals surface area (Å²) in [7, 11) is 0. The van der Waals surface area contributed by atoms with Crippen molar-refractivity contribution in [3.05, 3.63) is 34.9 Å². The van der Waals surface area contributed by atoms with E-state index in [1.54, 1.807) is 26.8 Å². The van der Waals surface area contributed by atoms with Crippen LogP contribution in [0.3, 0.4) is 0 Å². The van der Waals surface area contributed by atoms with E-state index < -0.39 is 11.6 Å². The molecular weight excluding hydrogens is 290 g/mol. The first-order chi connectivity index (χ1) is 10.7. The second-order valence-corrected chi connectivity index (χ2v) is 5.59. The quantitative estimate of drug-likeness (QED) is 0.837. The van der Waals surface area contributed by atoms with Gasteiger partial charge in [0.25, 0.3) is 5.91 Å². The fourth-order valence-electron chi connectivity index (χ4n) is 1.69. The molecule has 132 valence electrons. The molecule has 0 fully saturated rings. The number of rotatable bonds is 3. The van der Waals surface area contributed by atoms with Crippen molar-refractivity contribution in [2.24, 2.45) is 0 Å². The first kappa shape index (κ1) is 23.4. The molecule has 4 nitrogen and oxygen atoms in total. The molecular formula is C19H33NO3. The van der Waals surface area contributed by atoms with Crippen molar-refractivity contribution in [3.8, 4) is 0 Å². The molecule has 0 bridgehead atoms. The molecule has 23 heavy (non-hydrogen) atoms. The van der Waals surface area contributed by atoms with Crippen molar-refractivity contribution in [3.63, 3.8) is 0 Å². The van der Waals surface area contributed by atoms with Crippen molar-refractivity contribution in [1.82, 2.24) is 5.32 Å². The normalized spacial score (nSPS) is 9.61. The topological polar surface area (TPSA) is 55.4 Å². The lowest BCUT2D eigenvalue weighted by atomic mass is 10.1. The number of nitrogens with one attached hydrogen (secondary N) is 1. The molecule has 1 amide bonds. The van der Waals surface area contributed by atoms with Crippen LogP contribution in [0.15, 0.2) is 18.2 Å². The molecule has 0 aromatic heterocycles. The number of ether oxygens (including phenoxy) is 1. The number of hydrogen-bond donors (Lipinski definition) is 1. The minimum atomic E-state index is -0.540. The highest BCUT2D eigenvalue weighted by Crippen LogP contribution is 2.10. The number of carbonyl (C=O) groups is 2. The number of esters is 1. The molecule has 0 aliphatic rings. The standard InChI is InChI=1S/C15H21NO3.2C2H6/c1-10-6-7-12(11(2)8-10)14(18)16-9-13(17)19-15(3,4)5;2*1-2/h6-8H,9H2,1-5H3,(H,16,18);2*1-2H3. The van der Waals surface area contributed by atoms with Gasteiger partial charge in [-0.1, -0.05) is 45.4 Å². The van der Waals surface area contributed by atoms with Gasteiger partial charge in [-0.15, -0.1) is 0 Å². The SMILES string of the molecule is CC.CC.Cc1ccc(C(=O)NCC(=O)OC(C)(C)C)c(C)c1. The molecule has 0 radical (unpaired) electrons. The zero-order chi connectivity index (χ0) is 18.6. The van der Waals surface area contributed by atoms with Gasteiger partial charge in [-0.2, -0.15) is 0 Å². The minimum Gasteiger partial charge on any atom is -0.459 e. The Balaban J connectivity index is 0. The van der Waals surface area contributed by atoms with E-state index in [2.05, 4.69) is 5.32 Å². The molecule has 0 saturated carbocycles. The van der Waals surface area contributed by atoms with Crippen LogP contribution in [0.1, 0.15) is 70.0 Å². The zero-order valence-corrected chi connectivity index (χ0v) is 16.2. The fourth-order valence-corrected chi connectivity index (χ4v) is 1.69. The molecule has 0 heterocycles. The van der Waals surface area contributed by atoms with Crippen LogP contribution in [0.5, 0.6) is 0 Å². The maximum absolute atomic E-state index is 11.9. The first-order valence-corrected chi connectivity index (χ1v) is 8.26. The predicted molar refractivity (Wildman–Crippen MR) is 96.8 cm³/mol. The summed E-state index contributed by atoms with van der Waals surface area (Å²) < 4.78 is 5.12. The van der Waals surface area contributed by atoms with Crippen LogP contribution in [0, 0.1) is 13.8 Å². The van der Waals surface area contributed by atoms with Gasteiger partial charge in [0.1, 0.15) is 12.1 Å². The lowest BCUT2D eigenvalue weighted by Crippen LogP contribution is -2.34. The Bertz CT molecular complexity index is 488. The van der Waals surface area contributed by atoms with E-state index in [1.165, 1.54) is 0 Å². The van der Waals surface area contributed by atoms with Gasteiger partial charge >= 0.3 is 5.97 Å². The van der Waals surface area contributed by atoms with Crippen molar-refractivity contribution in [1.29, 1.82) is 0 Å². The lowest BCUT2D eigenvalue weighted by molar-refractivity contribution is -0.153. The van der Waals surface area contributed by atoms with Crippen molar-refractivity contribution >= 4 is 11.9 Å². The minimum absolute atomic E-state index is 0.122. The van der Waals surface area contributed by atoms with Gasteiger partial charge in [0.15, 0.2) is 0 Å². The molecule has 0 aliphatic carbocycles. The van der Waals surface area contributed by atoms with E-state index in [9.17, 15) is 9.59 Å². The average molecular weight is 323 g/mol. The Hall–Kier alpha value is -1.84. The Morgan fingerprint density at radius 2 is 1.57 bits per heavy atom. The molecule has 1 aromatic rings. The molecule has 0 aliphatic heterocycles. The number of carbonyl (C=O) groups excluding carboxylic acids is 2. The Morgan fingerprint density at radius 3 is 2.00 bits per heavy atom. The van der Waals surface area contributed by atoms with Crippen LogP contribution < -0.4 is 5.32 Å². The van der Waals surface area contributed by atoms with Crippen molar-refractivity contribution < 1.29 is 14.3 Å². The largest absolute Gasteiger partial charge is 0.459 e. The summed E-state index contributed by atoms with van der Waals surface area (Å²) in [6.45, 7) is 17.1. The van der Waals surface area contributed by atoms with E-state index >= 15 is 0 Å². The maximum atomic E-state index is 11.9. The smallest absolute Gasteiger partial charge is 0.325 e. The first-order valence-electron chi connectivity index (χ1n) is 8.26. The van der Waals surface area contributed by atoms with Crippen LogP contribution in [-0.4, -0.2) is 24.0 Å². The highest BCUT2D eigenvalue weighted by atomic mass is 16.6. The number of amides is 1. The number of hydrogen-bond acceptors (Lipinski definition) is 3. The maximum Gasteiger partial charge on any atom is 0.325 e. The van der Waals surface area contributed by atoms with Crippen LogP contribution in [0.4, 0.5) is 0 Å². The van der Waals surface area contributed by atoms with Gasteiger partial charge < -0.3 is 10.1 Å². The van der Waals surface area contributed by atoms with Crippen molar-refractivity contribution in [2.45, 2.75) is 67.9 Å². The molecule has 1 rings (SSSR count). The van der Waals surface area contributed by atoms with E-state index in [0.29, 0.717) is 5.56 Å². The average Bonchev–Trinajstić information content (AvgIpc) is 2.47. The number of benzene rings is 1. The third-order valence-electron chi connectivity index (χ3n) is 2.44. The summed E-state index contributed by atoms with van der Waals surface area (Å²) in [5.41, 5.74) is 2.03. The molecule has 0 unspecified atom stereocenters. The summed E-state index contributed by atoms with van der Waals surface area (Å²) in [6, 6.07) is 5.56. The van der Waals surface area contributed by atoms with Gasteiger partial charge in [0, 0.05) is 5.56 Å². The molecule has 4 heteroatoms. The monoisotopic (exact) mass is 323 g/mol. The van der Waals surface area contributed by atoms with Gasteiger partial charge in [0.2, 0.25) is 0 Å². The molecule has 1 aromatic carbocycles. The second kappa shape index (κ2) is 11.7. The van der Waals surface area contributed by atoms with E-state index in [4.69, 9.17) is 4.74 Å². The van der Waals surface area contributed by atoms with Crippen LogP contribution >= 0.6 is 0 Å². The van der Waals surface area contributed by atoms with Crippen molar-refractivity contribution in [2.75, 3.05) is 6.54 Å². The summed E-state index contributed by atoms with van der Waals surface area (Å²) >= 11 is 0. The second-order valence-electron chi connectivity index (χ2n) is 5.59. The highest BCUT2D eigenvalue weighted by molar-refractivity contribution is 5.97. The predicted octanol–water partition coefficient (Wildman–Crippen LogP) is 4.43. The Labute approximate surface area is 141 Å². The van der Waals surface area contributed by atoms with Gasteiger partial charge in [-0.25, -0.2) is 0 Å². The van der Waals surface area contributed by atoms with E-state index in [1.807, 2.05) is 53.7 Å². The Kier molecular flexibility index (Phi) is 11.9. The summed E-state index contributed by atoms with van der Waals surface area (Å²) in [4.78, 5) is 23.4. The van der Waals surface area contributed by atoms with E-state index in [0.717, 1.165) is 11.1 Å². The summed E-state index contributed by atoms with van der Waals surface area (Å²) in [5, 5.41) is 2.57. The zero-order valence-electron chi connectivity index (χ0n) is 16.2. The summed E-state index contributed by atoms with van der Waals surface area (Å²) in [5.74, 6) is -0.700. The van der Waals surface area contributed by atoms with Crippen LogP contribution in [0.2, 0.25) is 0 Å². The highest BCUT2D eigenvalue weighted by Gasteiger charge is 2.17. The lowest BCUT2D eigenvalue weighted by Gasteiger charge is -2.19. The van der Waals surface area contributed by atoms with Gasteiger partial charge in [-0.3, -0.25) is 9.59 Å². The van der Waals surface area contributed by atoms with Crippen LogP contribution in [-0.2, 0) is 9.53 Å². The fraction of sp³-hybridized carbons (Fsp3) is 0.579. The van der Waals surface area contributed by atoms with Crippen LogP contribution in [0.25, 0.3) is 0 Å². The Morgan fingerprint density at radius 1 is 1.04 bits per heavy atom. The third-order valence-corrected chi connectivity index (χ3v) is 2.44. The molecule has 1 N–H and O–H groups in total. The molecule has 0 spiro atoms. The van der Waals surface area contributed by atoms with Gasteiger partial charge in [0.05, 0.1) is 0 Å². The van der Waals surface area contributed by atoms with Gasteiger partial charge in [-0.05, 0) is 46.2 Å².